The topological polar surface area (TPSA) is 142 Å². The maximum Gasteiger partial charge on any atom is 0.319 e. The van der Waals surface area contributed by atoms with Gasteiger partial charge in [-0.25, -0.2) is 27.0 Å². The van der Waals surface area contributed by atoms with Crippen LogP contribution >= 0.6 is 12.4 Å². The van der Waals surface area contributed by atoms with E-state index in [1.165, 1.54) is 7.05 Å². The zero-order chi connectivity index (χ0) is 32.6. The molecular weight excluding hydrogens is 642 g/mol. The maximum absolute atomic E-state index is 14.3. The van der Waals surface area contributed by atoms with Crippen molar-refractivity contribution in [1.29, 1.82) is 0 Å². The molecule has 15 heteroatoms. The lowest BCUT2D eigenvalue weighted by molar-refractivity contribution is 0.0959. The molecule has 2 unspecified atom stereocenters. The fourth-order valence-electron chi connectivity index (χ4n) is 5.20. The number of amides is 3. The van der Waals surface area contributed by atoms with Crippen molar-refractivity contribution < 1.29 is 31.5 Å². The van der Waals surface area contributed by atoms with Crippen LogP contribution in [0.3, 0.4) is 0 Å². The predicted molar refractivity (Wildman–Crippen MR) is 175 cm³/mol. The monoisotopic (exact) mass is 680 g/mol. The van der Waals surface area contributed by atoms with Crippen LogP contribution in [0.25, 0.3) is 0 Å². The van der Waals surface area contributed by atoms with Crippen molar-refractivity contribution in [2.75, 3.05) is 29.9 Å². The van der Waals surface area contributed by atoms with E-state index >= 15 is 0 Å². The largest absolute Gasteiger partial charge is 0.439 e. The molecule has 2 atom stereocenters. The summed E-state index contributed by atoms with van der Waals surface area (Å²) < 4.78 is 59.3. The summed E-state index contributed by atoms with van der Waals surface area (Å²) in [6.45, 7) is 3.51. The number of anilines is 2. The molecule has 0 aliphatic carbocycles. The van der Waals surface area contributed by atoms with Crippen LogP contribution in [0, 0.1) is 11.6 Å². The first-order valence-corrected chi connectivity index (χ1v) is 16.6. The van der Waals surface area contributed by atoms with E-state index in [0.29, 0.717) is 42.8 Å². The van der Waals surface area contributed by atoms with E-state index in [-0.39, 0.29) is 35.7 Å². The van der Waals surface area contributed by atoms with Gasteiger partial charge in [0, 0.05) is 56.2 Å². The number of halogens is 3. The highest BCUT2D eigenvalue weighted by molar-refractivity contribution is 7.92. The minimum absolute atomic E-state index is 0. The summed E-state index contributed by atoms with van der Waals surface area (Å²) in [5, 5.41) is 7.61. The number of ether oxygens (including phenoxy) is 1. The molecule has 2 aromatic carbocycles. The number of piperidine rings is 1. The number of benzene rings is 2. The Bertz CT molecular complexity index is 1600. The lowest BCUT2D eigenvalue weighted by Gasteiger charge is -2.40. The normalized spacial score (nSPS) is 16.5. The molecule has 0 saturated carbocycles. The highest BCUT2D eigenvalue weighted by Gasteiger charge is 2.29. The average molecular weight is 681 g/mol. The molecule has 11 nitrogen and oxygen atoms in total. The van der Waals surface area contributed by atoms with Crippen LogP contribution in [-0.4, -0.2) is 62.2 Å². The number of rotatable bonds is 12. The van der Waals surface area contributed by atoms with E-state index in [2.05, 4.69) is 37.5 Å². The number of unbranched alkanes of at least 4 members (excludes halogenated alkanes) is 1. The lowest BCUT2D eigenvalue weighted by atomic mass is 9.93. The number of hydrogen-bond acceptors (Lipinski definition) is 7. The quantitative estimate of drug-likeness (QED) is 0.194. The van der Waals surface area contributed by atoms with Gasteiger partial charge in [-0.1, -0.05) is 25.8 Å². The van der Waals surface area contributed by atoms with E-state index in [1.807, 2.05) is 6.07 Å². The third-order valence-corrected chi connectivity index (χ3v) is 8.01. The first kappa shape index (κ1) is 36.5. The minimum atomic E-state index is -3.37. The van der Waals surface area contributed by atoms with Crippen molar-refractivity contribution >= 4 is 45.7 Å². The fraction of sp³-hybridized carbons (Fsp3) is 0.387. The Balaban J connectivity index is 0.00000576. The smallest absolute Gasteiger partial charge is 0.319 e. The third-order valence-electron chi connectivity index (χ3n) is 7.40. The zero-order valence-electron chi connectivity index (χ0n) is 25.8. The molecule has 1 aliphatic rings. The summed E-state index contributed by atoms with van der Waals surface area (Å²) in [4.78, 5) is 31.4. The Labute approximate surface area is 274 Å². The molecule has 0 spiro atoms. The fourth-order valence-corrected chi connectivity index (χ4v) is 5.77. The third kappa shape index (κ3) is 10.5. The molecule has 0 radical (unpaired) electrons. The number of hydrogen-bond donors (Lipinski definition) is 4. The molecule has 1 aliphatic heterocycles. The number of carbonyl (C=O) groups is 2. The molecular formula is C31H39ClF2N6O5S. The summed E-state index contributed by atoms with van der Waals surface area (Å²) in [5.41, 5.74) is 0.783. The van der Waals surface area contributed by atoms with E-state index < -0.39 is 33.6 Å². The minimum Gasteiger partial charge on any atom is -0.439 e. The summed E-state index contributed by atoms with van der Waals surface area (Å²) >= 11 is 0. The van der Waals surface area contributed by atoms with Gasteiger partial charge in [0.1, 0.15) is 17.4 Å². The first-order valence-electron chi connectivity index (χ1n) is 14.7. The van der Waals surface area contributed by atoms with Crippen molar-refractivity contribution in [3.63, 3.8) is 0 Å². The van der Waals surface area contributed by atoms with E-state index in [4.69, 9.17) is 4.74 Å². The molecule has 46 heavy (non-hydrogen) atoms. The molecule has 250 valence electrons. The van der Waals surface area contributed by atoms with Crippen LogP contribution in [0.5, 0.6) is 11.6 Å². The van der Waals surface area contributed by atoms with E-state index in [1.54, 1.807) is 36.5 Å². The second-order valence-corrected chi connectivity index (χ2v) is 12.7. The van der Waals surface area contributed by atoms with Crippen LogP contribution in [0.2, 0.25) is 0 Å². The van der Waals surface area contributed by atoms with Crippen LogP contribution in [0.15, 0.2) is 54.7 Å². The van der Waals surface area contributed by atoms with Crippen molar-refractivity contribution in [3.05, 3.63) is 77.5 Å². The highest BCUT2D eigenvalue weighted by Crippen LogP contribution is 2.26. The predicted octanol–water partition coefficient (Wildman–Crippen LogP) is 5.65. The molecule has 3 aromatic rings. The summed E-state index contributed by atoms with van der Waals surface area (Å²) in [5.74, 6) is -1.80. The Morgan fingerprint density at radius 3 is 2.46 bits per heavy atom. The van der Waals surface area contributed by atoms with Crippen LogP contribution in [-0.2, 0) is 16.6 Å². The second-order valence-electron chi connectivity index (χ2n) is 11.0. The number of aromatic nitrogens is 1. The van der Waals surface area contributed by atoms with Gasteiger partial charge in [0.2, 0.25) is 15.9 Å². The SMILES string of the molecule is CCCCC1CC(NC(=O)Nc2cc(C(=O)NC)c(F)cc2F)CCN1Cc1ccc(Oc2ccc(NS(C)(=O)=O)cc2)nc1.Cl. The molecule has 1 saturated heterocycles. The number of nitrogens with one attached hydrogen (secondary N) is 4. The van der Waals surface area contributed by atoms with Crippen molar-refractivity contribution in [3.8, 4) is 11.6 Å². The number of likely N-dealkylation sites (tertiary alicyclic amines) is 1. The number of pyridine rings is 1. The molecule has 2 heterocycles. The second kappa shape index (κ2) is 16.5. The van der Waals surface area contributed by atoms with Crippen LogP contribution in [0.4, 0.5) is 25.0 Å². The Morgan fingerprint density at radius 1 is 1.09 bits per heavy atom. The van der Waals surface area contributed by atoms with Gasteiger partial charge in [0.15, 0.2) is 0 Å². The van der Waals surface area contributed by atoms with Crippen LogP contribution in [0.1, 0.15) is 54.9 Å². The zero-order valence-corrected chi connectivity index (χ0v) is 27.4. The van der Waals surface area contributed by atoms with Gasteiger partial charge in [0.05, 0.1) is 17.5 Å². The lowest BCUT2D eigenvalue weighted by Crippen LogP contribution is -2.50. The molecule has 3 amide bonds. The summed E-state index contributed by atoms with van der Waals surface area (Å²) in [6.07, 6.45) is 7.20. The Hall–Kier alpha value is -4.01. The van der Waals surface area contributed by atoms with Crippen molar-refractivity contribution in [2.24, 2.45) is 0 Å². The van der Waals surface area contributed by atoms with Crippen LogP contribution < -0.4 is 25.4 Å². The summed E-state index contributed by atoms with van der Waals surface area (Å²) in [6, 6.07) is 11.2. The van der Waals surface area contributed by atoms with Gasteiger partial charge in [-0.05, 0) is 55.2 Å². The molecule has 1 fully saturated rings. The number of nitrogens with zero attached hydrogens (tertiary/aromatic N) is 2. The number of urea groups is 1. The Kier molecular flexibility index (Phi) is 13.1. The van der Waals surface area contributed by atoms with E-state index in [0.717, 1.165) is 43.7 Å². The number of sulfonamides is 1. The van der Waals surface area contributed by atoms with Gasteiger partial charge in [-0.2, -0.15) is 0 Å². The van der Waals surface area contributed by atoms with Gasteiger partial charge < -0.3 is 20.7 Å². The molecule has 1 aromatic heterocycles. The van der Waals surface area contributed by atoms with Crippen molar-refractivity contribution in [1.82, 2.24) is 20.5 Å². The van der Waals surface area contributed by atoms with Gasteiger partial charge in [0.25, 0.3) is 5.91 Å². The standard InChI is InChI=1S/C31H38F2N6O5S.ClH/c1-4-5-6-23-15-22(36-31(41)37-28-16-25(30(40)34-2)26(32)17-27(28)33)13-14-39(23)19-20-7-12-29(35-18-20)44-24-10-8-21(9-11-24)38-45(3,42)43;/h7-12,16-18,22-23,38H,4-6,13-15,19H2,1-3H3,(H,34,40)(H2,36,37,41);1H. The van der Waals surface area contributed by atoms with Crippen molar-refractivity contribution in [2.45, 2.75) is 57.7 Å². The highest BCUT2D eigenvalue weighted by atomic mass is 35.5. The Morgan fingerprint density at radius 2 is 1.83 bits per heavy atom. The van der Waals surface area contributed by atoms with E-state index in [9.17, 15) is 26.8 Å². The molecule has 0 bridgehead atoms. The molecule has 4 rings (SSSR count). The molecule has 4 N–H and O–H groups in total. The van der Waals surface area contributed by atoms with Gasteiger partial charge >= 0.3 is 6.03 Å². The first-order chi connectivity index (χ1) is 21.4. The average Bonchev–Trinajstić information content (AvgIpc) is 2.99. The van der Waals surface area contributed by atoms with Gasteiger partial charge in [-0.15, -0.1) is 12.4 Å². The summed E-state index contributed by atoms with van der Waals surface area (Å²) in [7, 11) is -2.03. The number of carbonyl (C=O) groups excluding carboxylic acids is 2. The maximum atomic E-state index is 14.3. The van der Waals surface area contributed by atoms with Gasteiger partial charge in [-0.3, -0.25) is 14.4 Å².